The Kier molecular flexibility index (Phi) is 13.7. The van der Waals surface area contributed by atoms with E-state index in [1.54, 1.807) is 20.8 Å². The van der Waals surface area contributed by atoms with Gasteiger partial charge in [0.05, 0.1) is 7.93 Å². The third-order valence-corrected chi connectivity index (χ3v) is 17.1. The van der Waals surface area contributed by atoms with Crippen LogP contribution in [0.3, 0.4) is 0 Å². The van der Waals surface area contributed by atoms with Crippen molar-refractivity contribution >= 4 is 54.9 Å². The van der Waals surface area contributed by atoms with Crippen LogP contribution in [0, 0.1) is 0 Å². The van der Waals surface area contributed by atoms with E-state index in [1.165, 1.54) is 139 Å². The normalized spacial score (nSPS) is 14.2. The minimum absolute atomic E-state index is 0.471. The molecule has 0 N–H and O–H groups in total. The lowest BCUT2D eigenvalue weighted by atomic mass is 10.0. The molecule has 0 radical (unpaired) electrons. The molecule has 0 saturated carbocycles. The highest BCUT2D eigenvalue weighted by Crippen LogP contribution is 2.16. The van der Waals surface area contributed by atoms with Crippen molar-refractivity contribution in [1.29, 1.82) is 0 Å². The van der Waals surface area contributed by atoms with E-state index in [4.69, 9.17) is 0 Å². The van der Waals surface area contributed by atoms with Crippen LogP contribution in [-0.4, -0.2) is 27.4 Å². The van der Waals surface area contributed by atoms with Gasteiger partial charge in [-0.2, -0.15) is 0 Å². The molecule has 0 fully saturated rings. The molecule has 1 aromatic carbocycles. The van der Waals surface area contributed by atoms with Crippen molar-refractivity contribution in [2.45, 2.75) is 135 Å². The zero-order valence-electron chi connectivity index (χ0n) is 24.2. The van der Waals surface area contributed by atoms with Crippen LogP contribution < -0.4 is 14.9 Å². The van der Waals surface area contributed by atoms with E-state index in [2.05, 4.69) is 65.7 Å². The quantitative estimate of drug-likeness (QED) is 0.116. The third kappa shape index (κ3) is 9.49. The van der Waals surface area contributed by atoms with Crippen LogP contribution in [-0.2, 0) is 6.42 Å². The van der Waals surface area contributed by atoms with Gasteiger partial charge >= 0.3 is 0 Å². The van der Waals surface area contributed by atoms with Crippen molar-refractivity contribution in [2.75, 3.05) is 0 Å². The van der Waals surface area contributed by atoms with Crippen molar-refractivity contribution in [3.05, 3.63) is 51.7 Å². The van der Waals surface area contributed by atoms with E-state index in [0.29, 0.717) is 8.65 Å². The Hall–Kier alpha value is -1.17. The first-order chi connectivity index (χ1) is 18.9. The van der Waals surface area contributed by atoms with Crippen LogP contribution in [0.15, 0.2) is 35.7 Å². The molecule has 206 valence electrons. The van der Waals surface area contributed by atoms with Crippen LogP contribution in [0.2, 0.25) is 0 Å². The van der Waals surface area contributed by atoms with Crippen molar-refractivity contribution < 1.29 is 0 Å². The molecular formula is C35H52SSi2. The summed E-state index contributed by atoms with van der Waals surface area (Å²) in [5, 5.41) is 7.19. The van der Waals surface area contributed by atoms with Gasteiger partial charge in [0.1, 0.15) is 0 Å². The minimum atomic E-state index is -0.538. The first-order valence-electron chi connectivity index (χ1n) is 16.2. The molecule has 2 heterocycles. The minimum Gasteiger partial charge on any atom is -0.149 e. The molecule has 0 atom stereocenters. The average Bonchev–Trinajstić information content (AvgIpc) is 3.57. The number of benzene rings is 1. The second-order valence-electron chi connectivity index (χ2n) is 11.7. The molecule has 0 spiro atoms. The topological polar surface area (TPSA) is 0 Å². The largest absolute Gasteiger partial charge is 0.149 e. The fourth-order valence-corrected chi connectivity index (χ4v) is 14.7. The smallest absolute Gasteiger partial charge is 0.0720 e. The van der Waals surface area contributed by atoms with Gasteiger partial charge in [-0.15, -0.1) is 17.0 Å². The number of hydrogen-bond donors (Lipinski definition) is 0. The molecule has 38 heavy (non-hydrogen) atoms. The summed E-state index contributed by atoms with van der Waals surface area (Å²) in [6, 6.07) is 11.6. The average molecular weight is 561 g/mol. The van der Waals surface area contributed by atoms with Crippen molar-refractivity contribution in [3.8, 4) is 0 Å². The molecule has 1 aromatic heterocycles. The van der Waals surface area contributed by atoms with Crippen molar-refractivity contribution in [2.24, 2.45) is 0 Å². The van der Waals surface area contributed by atoms with Crippen LogP contribution in [0.1, 0.15) is 134 Å². The Bertz CT molecular complexity index is 1150. The maximum absolute atomic E-state index is 2.64. The molecule has 1 aliphatic carbocycles. The number of fused-ring (bicyclic) bond motifs is 2. The number of unbranched alkanes of at least 4 members (excludes halogenated alkanes) is 17. The second kappa shape index (κ2) is 17.5. The van der Waals surface area contributed by atoms with E-state index in [9.17, 15) is 0 Å². The number of thiophene rings is 1. The Morgan fingerprint density at radius 3 is 1.95 bits per heavy atom. The zero-order chi connectivity index (χ0) is 26.3. The van der Waals surface area contributed by atoms with Crippen LogP contribution >= 0.6 is 11.3 Å². The van der Waals surface area contributed by atoms with Crippen LogP contribution in [0.4, 0.5) is 0 Å². The molecule has 1 aliphatic heterocycles. The van der Waals surface area contributed by atoms with Gasteiger partial charge in [-0.3, -0.25) is 0 Å². The lowest BCUT2D eigenvalue weighted by Gasteiger charge is -2.12. The SMILES string of the molecule is CCCCCCCCCCCCCCCCCCCCc1csc([Si]2=C3C=c4ccccc4=C3CC=[SiH]2)c1. The molecule has 2 aliphatic rings. The first kappa shape index (κ1) is 29.8. The van der Waals surface area contributed by atoms with E-state index in [-0.39, 0.29) is 0 Å². The van der Waals surface area contributed by atoms with Crippen molar-refractivity contribution in [1.82, 2.24) is 0 Å². The predicted octanol–water partition coefficient (Wildman–Crippen LogP) is 7.57. The van der Waals surface area contributed by atoms with Crippen LogP contribution in [0.5, 0.6) is 0 Å². The molecule has 0 bridgehead atoms. The lowest BCUT2D eigenvalue weighted by molar-refractivity contribution is 0.525. The van der Waals surface area contributed by atoms with E-state index >= 15 is 0 Å². The van der Waals surface area contributed by atoms with Crippen LogP contribution in [0.25, 0.3) is 11.6 Å². The molecule has 2 aromatic rings. The van der Waals surface area contributed by atoms with Gasteiger partial charge in [-0.25, -0.2) is 0 Å². The van der Waals surface area contributed by atoms with Gasteiger partial charge in [-0.05, 0) is 57.5 Å². The van der Waals surface area contributed by atoms with Gasteiger partial charge in [0.25, 0.3) is 0 Å². The van der Waals surface area contributed by atoms with Gasteiger partial charge in [0.2, 0.25) is 0 Å². The Labute approximate surface area is 241 Å². The highest BCUT2D eigenvalue weighted by molar-refractivity contribution is 7.37. The number of rotatable bonds is 20. The molecule has 0 unspecified atom stereocenters. The number of hydrogen-bond acceptors (Lipinski definition) is 1. The maximum Gasteiger partial charge on any atom is 0.0720 e. The third-order valence-electron chi connectivity index (χ3n) is 8.55. The first-order valence-corrected chi connectivity index (χ1v) is 21.0. The Morgan fingerprint density at radius 2 is 1.32 bits per heavy atom. The highest BCUT2D eigenvalue weighted by Gasteiger charge is 2.19. The summed E-state index contributed by atoms with van der Waals surface area (Å²) in [5.74, 6) is 0. The molecule has 4 rings (SSSR count). The molecular weight excluding hydrogens is 509 g/mol. The molecule has 0 nitrogen and oxygen atoms in total. The van der Waals surface area contributed by atoms with E-state index < -0.39 is 7.93 Å². The van der Waals surface area contributed by atoms with Crippen molar-refractivity contribution in [3.63, 3.8) is 0 Å². The summed E-state index contributed by atoms with van der Waals surface area (Å²) in [4.78, 5) is 0. The van der Waals surface area contributed by atoms with Gasteiger partial charge in [0, 0.05) is 13.1 Å². The summed E-state index contributed by atoms with van der Waals surface area (Å²) in [7, 11) is -0.0663. The molecule has 3 heteroatoms. The lowest BCUT2D eigenvalue weighted by Crippen LogP contribution is -2.34. The maximum atomic E-state index is 2.64. The Balaban J connectivity index is 1.02. The summed E-state index contributed by atoms with van der Waals surface area (Å²) in [6.45, 7) is 2.31. The number of aryl methyl sites for hydroxylation is 1. The standard InChI is InChI=1S/C35H52SSi2/c1-2-3-4-5-6-7-8-9-10-11-12-13-14-15-16-17-18-19-22-30-27-35(36-29-30)38-34-28-31-23-20-21-24-32(31)33(34)25-26-37-38/h20-21,23-24,26-29,37H,2-19,22,25H2,1H3. The summed E-state index contributed by atoms with van der Waals surface area (Å²) in [6.07, 6.45) is 31.2. The second-order valence-corrected chi connectivity index (χ2v) is 18.4. The van der Waals surface area contributed by atoms with Gasteiger partial charge < -0.3 is 0 Å². The summed E-state index contributed by atoms with van der Waals surface area (Å²) in [5.41, 5.74) is 5.90. The fraction of sp³-hybridized carbons (Fsp3) is 0.600. The molecule has 0 saturated heterocycles. The zero-order valence-corrected chi connectivity index (χ0v) is 27.2. The summed E-state index contributed by atoms with van der Waals surface area (Å²) < 4.78 is 1.72. The Morgan fingerprint density at radius 1 is 0.737 bits per heavy atom. The monoisotopic (exact) mass is 560 g/mol. The summed E-state index contributed by atoms with van der Waals surface area (Å²) >= 11 is 2.07. The fourth-order valence-electron chi connectivity index (χ4n) is 6.22. The molecule has 0 amide bonds. The van der Waals surface area contributed by atoms with E-state index in [1.807, 2.05) is 0 Å². The van der Waals surface area contributed by atoms with Gasteiger partial charge in [0.15, 0.2) is 0 Å². The van der Waals surface area contributed by atoms with Gasteiger partial charge in [-0.1, -0.05) is 146 Å². The predicted molar refractivity (Wildman–Crippen MR) is 179 cm³/mol. The van der Waals surface area contributed by atoms with E-state index in [0.717, 1.165) is 0 Å². The highest BCUT2D eigenvalue weighted by atomic mass is 32.1.